The summed E-state index contributed by atoms with van der Waals surface area (Å²) in [5.41, 5.74) is 0. The third-order valence-corrected chi connectivity index (χ3v) is 3.94. The van der Waals surface area contributed by atoms with Crippen molar-refractivity contribution in [2.75, 3.05) is 13.7 Å². The van der Waals surface area contributed by atoms with Crippen LogP contribution in [0.15, 0.2) is 24.3 Å². The second kappa shape index (κ2) is 6.10. The number of rotatable bonds is 6. The quantitative estimate of drug-likeness (QED) is 0.821. The normalized spacial score (nSPS) is 20.9. The first-order chi connectivity index (χ1) is 9.44. The van der Waals surface area contributed by atoms with Crippen molar-refractivity contribution in [2.45, 2.75) is 23.8 Å². The van der Waals surface area contributed by atoms with Gasteiger partial charge in [-0.2, -0.15) is 0 Å². The molecule has 6 heteroatoms. The van der Waals surface area contributed by atoms with Crippen molar-refractivity contribution in [3.8, 4) is 11.5 Å². The zero-order valence-electron chi connectivity index (χ0n) is 11.4. The number of para-hydroxylation sites is 2. The van der Waals surface area contributed by atoms with E-state index in [2.05, 4.69) is 5.32 Å². The van der Waals surface area contributed by atoms with Crippen LogP contribution in [-0.4, -0.2) is 30.0 Å². The smallest absolute Gasteiger partial charge is 0.226 e. The molecule has 0 heterocycles. The maximum absolute atomic E-state index is 11.7. The molecule has 2 unspecified atom stereocenters. The Labute approximate surface area is 128 Å². The molecule has 1 aliphatic rings. The van der Waals surface area contributed by atoms with Gasteiger partial charge in [0, 0.05) is 0 Å². The molecule has 2 atom stereocenters. The minimum Gasteiger partial charge on any atom is -0.493 e. The van der Waals surface area contributed by atoms with Crippen LogP contribution in [-0.2, 0) is 4.79 Å². The Morgan fingerprint density at radius 2 is 2.05 bits per heavy atom. The maximum Gasteiger partial charge on any atom is 0.226 e. The first kappa shape index (κ1) is 15.3. The van der Waals surface area contributed by atoms with E-state index >= 15 is 0 Å². The van der Waals surface area contributed by atoms with Gasteiger partial charge in [-0.15, -0.1) is 23.2 Å². The fourth-order valence-electron chi connectivity index (χ4n) is 1.84. The number of alkyl halides is 2. The summed E-state index contributed by atoms with van der Waals surface area (Å²) in [7, 11) is 1.59. The Kier molecular flexibility index (Phi) is 4.66. The third kappa shape index (κ3) is 3.70. The Hall–Kier alpha value is -1.13. The van der Waals surface area contributed by atoms with Gasteiger partial charge < -0.3 is 14.8 Å². The second-order valence-corrected chi connectivity index (χ2v) is 6.38. The highest BCUT2D eigenvalue weighted by atomic mass is 35.5. The molecule has 2 rings (SSSR count). The Balaban J connectivity index is 1.81. The monoisotopic (exact) mass is 317 g/mol. The number of amides is 1. The highest BCUT2D eigenvalue weighted by Crippen LogP contribution is 2.53. The number of nitrogens with one attached hydrogen (secondary N) is 1. The number of benzene rings is 1. The highest BCUT2D eigenvalue weighted by molar-refractivity contribution is 6.52. The summed E-state index contributed by atoms with van der Waals surface area (Å²) >= 11 is 11.7. The number of halogens is 2. The predicted octanol–water partition coefficient (Wildman–Crippen LogP) is 2.77. The molecule has 0 radical (unpaired) electrons. The van der Waals surface area contributed by atoms with Crippen LogP contribution in [0.25, 0.3) is 0 Å². The van der Waals surface area contributed by atoms with E-state index in [9.17, 15) is 4.79 Å². The molecule has 1 amide bonds. The van der Waals surface area contributed by atoms with E-state index in [-0.39, 0.29) is 17.9 Å². The van der Waals surface area contributed by atoms with Gasteiger partial charge in [-0.25, -0.2) is 0 Å². The van der Waals surface area contributed by atoms with Crippen LogP contribution in [0.3, 0.4) is 0 Å². The molecular weight excluding hydrogens is 301 g/mol. The molecule has 0 spiro atoms. The molecular formula is C14H17Cl2NO3. The summed E-state index contributed by atoms with van der Waals surface area (Å²) in [6, 6.07) is 7.37. The minimum absolute atomic E-state index is 0.134. The van der Waals surface area contributed by atoms with Crippen molar-refractivity contribution < 1.29 is 14.3 Å². The molecule has 1 saturated carbocycles. The SMILES string of the molecule is COc1ccccc1OC(C)CNC(=O)C1CC1(Cl)Cl. The lowest BCUT2D eigenvalue weighted by Crippen LogP contribution is -2.35. The molecule has 1 aromatic carbocycles. The van der Waals surface area contributed by atoms with Gasteiger partial charge in [-0.05, 0) is 25.5 Å². The van der Waals surface area contributed by atoms with Gasteiger partial charge in [0.25, 0.3) is 0 Å². The second-order valence-electron chi connectivity index (χ2n) is 4.84. The van der Waals surface area contributed by atoms with Crippen molar-refractivity contribution in [2.24, 2.45) is 5.92 Å². The molecule has 0 aromatic heterocycles. The topological polar surface area (TPSA) is 47.6 Å². The van der Waals surface area contributed by atoms with Gasteiger partial charge in [0.2, 0.25) is 5.91 Å². The first-order valence-electron chi connectivity index (χ1n) is 6.39. The van der Waals surface area contributed by atoms with E-state index in [0.717, 1.165) is 0 Å². The van der Waals surface area contributed by atoms with Crippen LogP contribution < -0.4 is 14.8 Å². The average Bonchev–Trinajstić information content (AvgIpc) is 3.06. The number of carbonyl (C=O) groups is 1. The lowest BCUT2D eigenvalue weighted by Gasteiger charge is -2.17. The lowest BCUT2D eigenvalue weighted by atomic mass is 10.3. The van der Waals surface area contributed by atoms with Crippen LogP contribution in [0.2, 0.25) is 0 Å². The fraction of sp³-hybridized carbons (Fsp3) is 0.500. The summed E-state index contributed by atoms with van der Waals surface area (Å²) < 4.78 is 10.0. The number of carbonyl (C=O) groups excluding carboxylic acids is 1. The van der Waals surface area contributed by atoms with E-state index in [0.29, 0.717) is 24.5 Å². The van der Waals surface area contributed by atoms with Gasteiger partial charge in [-0.1, -0.05) is 12.1 Å². The van der Waals surface area contributed by atoms with E-state index in [4.69, 9.17) is 32.7 Å². The molecule has 1 N–H and O–H groups in total. The van der Waals surface area contributed by atoms with E-state index in [1.165, 1.54) is 0 Å². The summed E-state index contributed by atoms with van der Waals surface area (Å²) in [6.07, 6.45) is 0.318. The van der Waals surface area contributed by atoms with Crippen LogP contribution in [0.1, 0.15) is 13.3 Å². The predicted molar refractivity (Wildman–Crippen MR) is 78.6 cm³/mol. The summed E-state index contributed by atoms with van der Waals surface area (Å²) in [6.45, 7) is 2.26. The fourth-order valence-corrected chi connectivity index (χ4v) is 2.35. The zero-order chi connectivity index (χ0) is 14.8. The third-order valence-electron chi connectivity index (χ3n) is 3.10. The molecule has 0 bridgehead atoms. The van der Waals surface area contributed by atoms with Gasteiger partial charge >= 0.3 is 0 Å². The summed E-state index contributed by atoms with van der Waals surface area (Å²) in [5, 5.41) is 2.78. The number of hydrogen-bond acceptors (Lipinski definition) is 3. The van der Waals surface area contributed by atoms with Crippen molar-refractivity contribution in [1.29, 1.82) is 0 Å². The largest absolute Gasteiger partial charge is 0.493 e. The van der Waals surface area contributed by atoms with Gasteiger partial charge in [0.15, 0.2) is 11.5 Å². The molecule has 0 saturated heterocycles. The van der Waals surface area contributed by atoms with Crippen molar-refractivity contribution >= 4 is 29.1 Å². The van der Waals surface area contributed by atoms with Crippen molar-refractivity contribution in [3.63, 3.8) is 0 Å². The van der Waals surface area contributed by atoms with Crippen LogP contribution in [0.4, 0.5) is 0 Å². The van der Waals surface area contributed by atoms with E-state index in [1.807, 2.05) is 31.2 Å². The molecule has 1 aromatic rings. The first-order valence-corrected chi connectivity index (χ1v) is 7.15. The lowest BCUT2D eigenvalue weighted by molar-refractivity contribution is -0.122. The molecule has 4 nitrogen and oxygen atoms in total. The zero-order valence-corrected chi connectivity index (χ0v) is 12.9. The molecule has 0 aliphatic heterocycles. The molecule has 110 valence electrons. The number of ether oxygens (including phenoxy) is 2. The van der Waals surface area contributed by atoms with Gasteiger partial charge in [0.1, 0.15) is 10.4 Å². The average molecular weight is 318 g/mol. The standard InChI is InChI=1S/C14H17Cl2NO3/c1-9(8-17-13(18)10-7-14(10,15)16)20-12-6-4-3-5-11(12)19-2/h3-6,9-10H,7-8H2,1-2H3,(H,17,18). The molecule has 1 aliphatic carbocycles. The number of hydrogen-bond donors (Lipinski definition) is 1. The number of methoxy groups -OCH3 is 1. The van der Waals surface area contributed by atoms with Crippen LogP contribution in [0, 0.1) is 5.92 Å². The molecule has 20 heavy (non-hydrogen) atoms. The van der Waals surface area contributed by atoms with Crippen molar-refractivity contribution in [3.05, 3.63) is 24.3 Å². The van der Waals surface area contributed by atoms with Crippen LogP contribution in [0.5, 0.6) is 11.5 Å². The Morgan fingerprint density at radius 3 is 2.60 bits per heavy atom. The maximum atomic E-state index is 11.7. The van der Waals surface area contributed by atoms with Gasteiger partial charge in [0.05, 0.1) is 19.6 Å². The van der Waals surface area contributed by atoms with E-state index < -0.39 is 4.33 Å². The highest BCUT2D eigenvalue weighted by Gasteiger charge is 2.56. The summed E-state index contributed by atoms with van der Waals surface area (Å²) in [4.78, 5) is 11.7. The Morgan fingerprint density at radius 1 is 1.45 bits per heavy atom. The van der Waals surface area contributed by atoms with Gasteiger partial charge in [-0.3, -0.25) is 4.79 Å². The Bertz CT molecular complexity index is 493. The summed E-state index contributed by atoms with van der Waals surface area (Å²) in [5.74, 6) is 0.857. The van der Waals surface area contributed by atoms with E-state index in [1.54, 1.807) is 7.11 Å². The minimum atomic E-state index is -0.892. The van der Waals surface area contributed by atoms with Crippen LogP contribution >= 0.6 is 23.2 Å². The van der Waals surface area contributed by atoms with Crippen molar-refractivity contribution in [1.82, 2.24) is 5.32 Å². The molecule has 1 fully saturated rings.